The second kappa shape index (κ2) is 11.4. The number of amides is 3. The first-order valence-corrected chi connectivity index (χ1v) is 13.4. The molecule has 2 aromatic rings. The van der Waals surface area contributed by atoms with Crippen LogP contribution in [-0.2, 0) is 16.2 Å². The van der Waals surface area contributed by atoms with E-state index in [0.29, 0.717) is 40.2 Å². The molecule has 2 aliphatic heterocycles. The quantitative estimate of drug-likeness (QED) is 0.278. The van der Waals surface area contributed by atoms with Crippen LogP contribution >= 0.6 is 57.6 Å². The summed E-state index contributed by atoms with van der Waals surface area (Å²) in [5, 5.41) is 0.467. The van der Waals surface area contributed by atoms with Crippen molar-refractivity contribution in [2.45, 2.75) is 19.4 Å². The van der Waals surface area contributed by atoms with Crippen molar-refractivity contribution < 1.29 is 23.9 Å². The number of hydrogen-bond donors (Lipinski definition) is 0. The zero-order chi connectivity index (χ0) is 25.1. The Balaban J connectivity index is 1.49. The van der Waals surface area contributed by atoms with Gasteiger partial charge in [0.2, 0.25) is 5.91 Å². The fourth-order valence-corrected chi connectivity index (χ4v) is 5.68. The van der Waals surface area contributed by atoms with Gasteiger partial charge in [0, 0.05) is 13.1 Å². The van der Waals surface area contributed by atoms with Crippen LogP contribution in [0.3, 0.4) is 0 Å². The van der Waals surface area contributed by atoms with Crippen LogP contribution in [0.25, 0.3) is 6.08 Å². The SMILES string of the molecule is COc1cc(/C=C2/SC(=O)N(CC(=O)N3CCCC3)C2=O)cc(I)c1OCc1ccc(Cl)c(Cl)c1. The van der Waals surface area contributed by atoms with Gasteiger partial charge in [0.25, 0.3) is 11.1 Å². The molecule has 4 rings (SSSR count). The van der Waals surface area contributed by atoms with Crippen LogP contribution < -0.4 is 9.47 Å². The fourth-order valence-electron chi connectivity index (χ4n) is 3.74. The first-order chi connectivity index (χ1) is 16.8. The van der Waals surface area contributed by atoms with E-state index in [2.05, 4.69) is 22.6 Å². The minimum atomic E-state index is -0.471. The predicted molar refractivity (Wildman–Crippen MR) is 145 cm³/mol. The van der Waals surface area contributed by atoms with Gasteiger partial charge in [0.05, 0.1) is 25.6 Å². The van der Waals surface area contributed by atoms with Gasteiger partial charge >= 0.3 is 0 Å². The lowest BCUT2D eigenvalue weighted by molar-refractivity contribution is -0.135. The molecule has 2 fully saturated rings. The summed E-state index contributed by atoms with van der Waals surface area (Å²) in [6.07, 6.45) is 3.51. The molecule has 0 N–H and O–H groups in total. The highest BCUT2D eigenvalue weighted by Gasteiger charge is 2.37. The smallest absolute Gasteiger partial charge is 0.294 e. The second-order valence-corrected chi connectivity index (χ2v) is 10.9. The summed E-state index contributed by atoms with van der Waals surface area (Å²) in [7, 11) is 1.53. The van der Waals surface area contributed by atoms with Crippen molar-refractivity contribution in [3.63, 3.8) is 0 Å². The summed E-state index contributed by atoms with van der Waals surface area (Å²) < 4.78 is 12.3. The van der Waals surface area contributed by atoms with Crippen molar-refractivity contribution in [2.75, 3.05) is 26.7 Å². The van der Waals surface area contributed by atoms with Gasteiger partial charge in [0.1, 0.15) is 13.2 Å². The highest BCUT2D eigenvalue weighted by atomic mass is 127. The van der Waals surface area contributed by atoms with E-state index in [1.165, 1.54) is 7.11 Å². The molecule has 0 bridgehead atoms. The molecule has 2 heterocycles. The summed E-state index contributed by atoms with van der Waals surface area (Å²) >= 11 is 15.0. The zero-order valence-corrected chi connectivity index (χ0v) is 23.2. The number of likely N-dealkylation sites (tertiary alicyclic amines) is 1. The molecule has 184 valence electrons. The number of carbonyl (C=O) groups is 3. The van der Waals surface area contributed by atoms with Gasteiger partial charge in [-0.05, 0) is 88.7 Å². The van der Waals surface area contributed by atoms with Gasteiger partial charge in [-0.25, -0.2) is 0 Å². The number of halogens is 3. The maximum Gasteiger partial charge on any atom is 0.294 e. The van der Waals surface area contributed by atoms with Crippen LogP contribution in [-0.4, -0.2) is 53.6 Å². The van der Waals surface area contributed by atoms with Crippen LogP contribution in [0.1, 0.15) is 24.0 Å². The molecule has 0 spiro atoms. The highest BCUT2D eigenvalue weighted by Crippen LogP contribution is 2.38. The molecule has 2 aliphatic rings. The zero-order valence-electron chi connectivity index (χ0n) is 18.7. The number of carbonyl (C=O) groups excluding carboxylic acids is 3. The minimum Gasteiger partial charge on any atom is -0.493 e. The van der Waals surface area contributed by atoms with E-state index in [4.69, 9.17) is 32.7 Å². The average Bonchev–Trinajstić information content (AvgIpc) is 3.45. The largest absolute Gasteiger partial charge is 0.493 e. The first-order valence-electron chi connectivity index (χ1n) is 10.7. The van der Waals surface area contributed by atoms with E-state index in [9.17, 15) is 14.4 Å². The van der Waals surface area contributed by atoms with Crippen LogP contribution in [0.5, 0.6) is 11.5 Å². The Morgan fingerprint density at radius 1 is 1.14 bits per heavy atom. The Labute approximate surface area is 230 Å². The molecule has 3 amide bonds. The van der Waals surface area contributed by atoms with Crippen LogP contribution in [0.4, 0.5) is 4.79 Å². The van der Waals surface area contributed by atoms with Gasteiger partial charge < -0.3 is 14.4 Å². The van der Waals surface area contributed by atoms with Gasteiger partial charge in [0.15, 0.2) is 11.5 Å². The third kappa shape index (κ3) is 6.07. The molecule has 0 atom stereocenters. The average molecular weight is 647 g/mol. The number of hydrogen-bond acceptors (Lipinski definition) is 6. The van der Waals surface area contributed by atoms with Crippen molar-refractivity contribution >= 4 is 80.7 Å². The lowest BCUT2D eigenvalue weighted by Crippen LogP contribution is -2.40. The molecule has 7 nitrogen and oxygen atoms in total. The standard InChI is InChI=1S/C24H21Cl2IN2O5S/c1-33-19-10-15(9-18(27)22(19)34-13-14-4-5-16(25)17(26)8-14)11-20-23(31)29(24(32)35-20)12-21(30)28-6-2-3-7-28/h4-5,8-11H,2-3,6-7,12-13H2,1H3/b20-11+. The molecule has 35 heavy (non-hydrogen) atoms. The Morgan fingerprint density at radius 2 is 1.89 bits per heavy atom. The molecule has 2 aromatic carbocycles. The highest BCUT2D eigenvalue weighted by molar-refractivity contribution is 14.1. The van der Waals surface area contributed by atoms with E-state index in [1.54, 1.807) is 29.2 Å². The van der Waals surface area contributed by atoms with Crippen molar-refractivity contribution in [1.29, 1.82) is 0 Å². The van der Waals surface area contributed by atoms with Gasteiger partial charge in [-0.2, -0.15) is 0 Å². The third-order valence-corrected chi connectivity index (χ3v) is 7.99. The van der Waals surface area contributed by atoms with Gasteiger partial charge in [-0.3, -0.25) is 19.3 Å². The molecule has 0 saturated carbocycles. The molecular weight excluding hydrogens is 626 g/mol. The van der Waals surface area contributed by atoms with E-state index < -0.39 is 11.1 Å². The number of methoxy groups -OCH3 is 1. The second-order valence-electron chi connectivity index (χ2n) is 7.93. The van der Waals surface area contributed by atoms with Crippen LogP contribution in [0.2, 0.25) is 10.0 Å². The van der Waals surface area contributed by atoms with Crippen LogP contribution in [0, 0.1) is 3.57 Å². The number of ether oxygens (including phenoxy) is 2. The topological polar surface area (TPSA) is 76.2 Å². The molecule has 0 aliphatic carbocycles. The van der Waals surface area contributed by atoms with Gasteiger partial charge in [-0.1, -0.05) is 29.3 Å². The van der Waals surface area contributed by atoms with Crippen molar-refractivity contribution in [1.82, 2.24) is 9.80 Å². The normalized spacial score (nSPS) is 17.0. The lowest BCUT2D eigenvalue weighted by Gasteiger charge is -2.18. The van der Waals surface area contributed by atoms with Crippen molar-refractivity contribution in [3.05, 3.63) is 60.0 Å². The number of imide groups is 1. The number of benzene rings is 2. The van der Waals surface area contributed by atoms with Crippen LogP contribution in [0.15, 0.2) is 35.2 Å². The number of thioether (sulfide) groups is 1. The molecule has 11 heteroatoms. The number of nitrogens with zero attached hydrogens (tertiary/aromatic N) is 2. The molecular formula is C24H21Cl2IN2O5S. The third-order valence-electron chi connectivity index (χ3n) is 5.54. The summed E-state index contributed by atoms with van der Waals surface area (Å²) in [5.41, 5.74) is 1.52. The van der Waals surface area contributed by atoms with E-state index in [0.717, 1.165) is 38.6 Å². The Bertz CT molecular complexity index is 1220. The minimum absolute atomic E-state index is 0.203. The summed E-state index contributed by atoms with van der Waals surface area (Å²) in [6, 6.07) is 8.83. The first kappa shape index (κ1) is 26.1. The fraction of sp³-hybridized carbons (Fsp3) is 0.292. The summed E-state index contributed by atoms with van der Waals surface area (Å²) in [5.74, 6) is 0.347. The molecule has 0 aromatic heterocycles. The maximum absolute atomic E-state index is 12.9. The van der Waals surface area contributed by atoms with Crippen molar-refractivity contribution in [3.8, 4) is 11.5 Å². The van der Waals surface area contributed by atoms with Gasteiger partial charge in [-0.15, -0.1) is 0 Å². The van der Waals surface area contributed by atoms with E-state index >= 15 is 0 Å². The van der Waals surface area contributed by atoms with E-state index in [1.807, 2.05) is 12.1 Å². The summed E-state index contributed by atoms with van der Waals surface area (Å²) in [4.78, 5) is 40.7. The Hall–Kier alpha value is -1.95. The molecule has 0 radical (unpaired) electrons. The monoisotopic (exact) mass is 646 g/mol. The molecule has 0 unspecified atom stereocenters. The van der Waals surface area contributed by atoms with Crippen molar-refractivity contribution in [2.24, 2.45) is 0 Å². The number of rotatable bonds is 7. The lowest BCUT2D eigenvalue weighted by atomic mass is 10.1. The summed E-state index contributed by atoms with van der Waals surface area (Å²) in [6.45, 7) is 1.36. The Kier molecular flexibility index (Phi) is 8.51. The molecule has 2 saturated heterocycles. The van der Waals surface area contributed by atoms with E-state index in [-0.39, 0.29) is 24.0 Å². The predicted octanol–water partition coefficient (Wildman–Crippen LogP) is 5.84. The Morgan fingerprint density at radius 3 is 2.57 bits per heavy atom. The maximum atomic E-state index is 12.9.